The van der Waals surface area contributed by atoms with Crippen molar-refractivity contribution in [3.8, 4) is 0 Å². The van der Waals surface area contributed by atoms with E-state index in [-0.39, 0.29) is 5.91 Å². The van der Waals surface area contributed by atoms with Crippen molar-refractivity contribution in [3.05, 3.63) is 50.3 Å². The summed E-state index contributed by atoms with van der Waals surface area (Å²) >= 11 is 5.05. The van der Waals surface area contributed by atoms with Crippen molar-refractivity contribution in [3.63, 3.8) is 0 Å². The SMILES string of the molecule is CN(CCC(=O)Nc1sc2c(c1C(N)=O)CCCC2)Cc1ccccc1Br. The van der Waals surface area contributed by atoms with Crippen molar-refractivity contribution in [1.29, 1.82) is 0 Å². The van der Waals surface area contributed by atoms with Crippen molar-refractivity contribution in [2.24, 2.45) is 5.73 Å². The highest BCUT2D eigenvalue weighted by Crippen LogP contribution is 2.37. The minimum atomic E-state index is -0.448. The fourth-order valence-corrected chi connectivity index (χ4v) is 5.11. The third-order valence-corrected chi connectivity index (χ3v) is 6.77. The third kappa shape index (κ3) is 4.97. The molecular formula is C20H24BrN3O2S. The Balaban J connectivity index is 1.59. The first kappa shape index (κ1) is 20.0. The number of halogens is 1. The van der Waals surface area contributed by atoms with Crippen molar-refractivity contribution in [2.45, 2.75) is 38.6 Å². The number of hydrogen-bond acceptors (Lipinski definition) is 4. The second-order valence-electron chi connectivity index (χ2n) is 6.91. The maximum absolute atomic E-state index is 12.4. The molecule has 0 unspecified atom stereocenters. The quantitative estimate of drug-likeness (QED) is 0.671. The number of nitrogens with one attached hydrogen (secondary N) is 1. The van der Waals surface area contributed by atoms with Crippen LogP contribution < -0.4 is 11.1 Å². The van der Waals surface area contributed by atoms with E-state index in [0.717, 1.165) is 42.3 Å². The number of nitrogens with zero attached hydrogens (tertiary/aromatic N) is 1. The zero-order valence-corrected chi connectivity index (χ0v) is 17.8. The summed E-state index contributed by atoms with van der Waals surface area (Å²) in [6.07, 6.45) is 4.39. The van der Waals surface area contributed by atoms with Crippen molar-refractivity contribution >= 4 is 44.1 Å². The molecule has 0 spiro atoms. The van der Waals surface area contributed by atoms with Gasteiger partial charge in [0.25, 0.3) is 5.91 Å². The van der Waals surface area contributed by atoms with Crippen LogP contribution in [-0.2, 0) is 24.2 Å². The predicted molar refractivity (Wildman–Crippen MR) is 113 cm³/mol. The lowest BCUT2D eigenvalue weighted by Crippen LogP contribution is -2.24. The predicted octanol–water partition coefficient (Wildman–Crippen LogP) is 3.95. The number of rotatable bonds is 7. The lowest BCUT2D eigenvalue weighted by molar-refractivity contribution is -0.116. The third-order valence-electron chi connectivity index (χ3n) is 4.79. The van der Waals surface area contributed by atoms with Crippen LogP contribution in [-0.4, -0.2) is 30.3 Å². The fourth-order valence-electron chi connectivity index (χ4n) is 3.39. The maximum Gasteiger partial charge on any atom is 0.251 e. The molecule has 2 aromatic rings. The van der Waals surface area contributed by atoms with Gasteiger partial charge in [-0.1, -0.05) is 34.1 Å². The number of fused-ring (bicyclic) bond motifs is 1. The van der Waals surface area contributed by atoms with Gasteiger partial charge in [0.05, 0.1) is 5.56 Å². The number of anilines is 1. The number of nitrogens with two attached hydrogens (primary N) is 1. The summed E-state index contributed by atoms with van der Waals surface area (Å²) in [7, 11) is 1.99. The number of carbonyl (C=O) groups is 2. The first-order chi connectivity index (χ1) is 13.0. The summed E-state index contributed by atoms with van der Waals surface area (Å²) in [6, 6.07) is 8.07. The smallest absolute Gasteiger partial charge is 0.251 e. The van der Waals surface area contributed by atoms with Crippen LogP contribution in [0.2, 0.25) is 0 Å². The van der Waals surface area contributed by atoms with Crippen LogP contribution in [0, 0.1) is 0 Å². The number of amides is 2. The Morgan fingerprint density at radius 1 is 1.26 bits per heavy atom. The highest BCUT2D eigenvalue weighted by molar-refractivity contribution is 9.10. The van der Waals surface area contributed by atoms with E-state index in [2.05, 4.69) is 32.2 Å². The Morgan fingerprint density at radius 2 is 2.00 bits per heavy atom. The molecule has 7 heteroatoms. The summed E-state index contributed by atoms with van der Waals surface area (Å²) in [6.45, 7) is 1.39. The van der Waals surface area contributed by atoms with Gasteiger partial charge in [0, 0.05) is 28.9 Å². The van der Waals surface area contributed by atoms with Gasteiger partial charge in [0.2, 0.25) is 5.91 Å². The van der Waals surface area contributed by atoms with Crippen LogP contribution in [0.1, 0.15) is 45.6 Å². The van der Waals surface area contributed by atoms with Gasteiger partial charge in [-0.3, -0.25) is 9.59 Å². The molecule has 0 saturated heterocycles. The van der Waals surface area contributed by atoms with Crippen LogP contribution in [0.5, 0.6) is 0 Å². The number of carbonyl (C=O) groups excluding carboxylic acids is 2. The van der Waals surface area contributed by atoms with Crippen LogP contribution in [0.15, 0.2) is 28.7 Å². The standard InChI is InChI=1S/C20H24BrN3O2S/c1-24(12-13-6-2-4-8-15(13)21)11-10-17(25)23-20-18(19(22)26)14-7-3-5-9-16(14)27-20/h2,4,6,8H,3,5,7,9-12H2,1H3,(H2,22,26)(H,23,25). The monoisotopic (exact) mass is 449 g/mol. The normalized spacial score (nSPS) is 13.4. The van der Waals surface area contributed by atoms with E-state index in [9.17, 15) is 9.59 Å². The van der Waals surface area contributed by atoms with Crippen molar-refractivity contribution in [1.82, 2.24) is 4.90 Å². The molecule has 144 valence electrons. The fraction of sp³-hybridized carbons (Fsp3) is 0.400. The average molecular weight is 450 g/mol. The highest BCUT2D eigenvalue weighted by atomic mass is 79.9. The molecule has 3 rings (SSSR count). The second-order valence-corrected chi connectivity index (χ2v) is 8.87. The summed E-state index contributed by atoms with van der Waals surface area (Å²) in [5.74, 6) is -0.536. The highest BCUT2D eigenvalue weighted by Gasteiger charge is 2.24. The van der Waals surface area contributed by atoms with Gasteiger partial charge < -0.3 is 16.0 Å². The number of aryl methyl sites for hydroxylation is 1. The molecule has 1 aliphatic carbocycles. The van der Waals surface area contributed by atoms with Crippen molar-refractivity contribution < 1.29 is 9.59 Å². The number of primary amides is 1. The molecule has 1 heterocycles. The Hall–Kier alpha value is -1.70. The molecule has 0 aliphatic heterocycles. The zero-order valence-electron chi connectivity index (χ0n) is 15.4. The molecule has 1 aromatic carbocycles. The summed E-state index contributed by atoms with van der Waals surface area (Å²) in [5, 5.41) is 3.54. The number of hydrogen-bond donors (Lipinski definition) is 2. The van der Waals surface area contributed by atoms with E-state index < -0.39 is 5.91 Å². The summed E-state index contributed by atoms with van der Waals surface area (Å²) in [5.41, 5.74) is 8.33. The minimum absolute atomic E-state index is 0.0879. The van der Waals surface area contributed by atoms with Crippen LogP contribution >= 0.6 is 27.3 Å². The van der Waals surface area contributed by atoms with E-state index in [1.807, 2.05) is 25.2 Å². The molecule has 0 saturated carbocycles. The van der Waals surface area contributed by atoms with E-state index in [1.165, 1.54) is 21.8 Å². The molecular weight excluding hydrogens is 426 g/mol. The van der Waals surface area contributed by atoms with Crippen LogP contribution in [0.25, 0.3) is 0 Å². The minimum Gasteiger partial charge on any atom is -0.365 e. The Bertz CT molecular complexity index is 850. The maximum atomic E-state index is 12.4. The summed E-state index contributed by atoms with van der Waals surface area (Å²) in [4.78, 5) is 27.6. The van der Waals surface area contributed by atoms with E-state index in [1.54, 1.807) is 0 Å². The van der Waals surface area contributed by atoms with Crippen LogP contribution in [0.3, 0.4) is 0 Å². The average Bonchev–Trinajstić information content (AvgIpc) is 3.00. The number of thiophene rings is 1. The molecule has 0 fully saturated rings. The van der Waals surface area contributed by atoms with Gasteiger partial charge in [-0.15, -0.1) is 11.3 Å². The van der Waals surface area contributed by atoms with Gasteiger partial charge in [-0.05, 0) is 49.9 Å². The van der Waals surface area contributed by atoms with E-state index in [0.29, 0.717) is 23.5 Å². The van der Waals surface area contributed by atoms with Crippen molar-refractivity contribution in [2.75, 3.05) is 18.9 Å². The summed E-state index contributed by atoms with van der Waals surface area (Å²) < 4.78 is 1.07. The second kappa shape index (κ2) is 8.99. The molecule has 0 bridgehead atoms. The lowest BCUT2D eigenvalue weighted by atomic mass is 9.95. The Morgan fingerprint density at radius 3 is 2.74 bits per heavy atom. The Kier molecular flexibility index (Phi) is 6.68. The number of benzene rings is 1. The molecule has 1 aliphatic rings. The topological polar surface area (TPSA) is 75.4 Å². The molecule has 27 heavy (non-hydrogen) atoms. The van der Waals surface area contributed by atoms with Gasteiger partial charge in [-0.25, -0.2) is 0 Å². The molecule has 1 aromatic heterocycles. The molecule has 0 radical (unpaired) electrons. The first-order valence-corrected chi connectivity index (χ1v) is 10.7. The molecule has 2 amide bonds. The first-order valence-electron chi connectivity index (χ1n) is 9.12. The Labute approximate surface area is 172 Å². The van der Waals surface area contributed by atoms with E-state index >= 15 is 0 Å². The largest absolute Gasteiger partial charge is 0.365 e. The van der Waals surface area contributed by atoms with Crippen LogP contribution in [0.4, 0.5) is 5.00 Å². The van der Waals surface area contributed by atoms with Gasteiger partial charge in [0.1, 0.15) is 5.00 Å². The van der Waals surface area contributed by atoms with Gasteiger partial charge in [-0.2, -0.15) is 0 Å². The van der Waals surface area contributed by atoms with Gasteiger partial charge >= 0.3 is 0 Å². The molecule has 3 N–H and O–H groups in total. The molecule has 0 atom stereocenters. The zero-order chi connectivity index (χ0) is 19.4. The molecule has 5 nitrogen and oxygen atoms in total. The van der Waals surface area contributed by atoms with Gasteiger partial charge in [0.15, 0.2) is 0 Å². The lowest BCUT2D eigenvalue weighted by Gasteiger charge is -2.17. The van der Waals surface area contributed by atoms with E-state index in [4.69, 9.17) is 5.73 Å².